The predicted octanol–water partition coefficient (Wildman–Crippen LogP) is 2.93. The minimum atomic E-state index is 0.750. The molecule has 0 radical (unpaired) electrons. The van der Waals surface area contributed by atoms with Crippen LogP contribution in [0.2, 0.25) is 0 Å². The molecule has 1 aromatic rings. The van der Waals surface area contributed by atoms with E-state index in [9.17, 15) is 0 Å². The fourth-order valence-corrected chi connectivity index (χ4v) is 2.89. The Kier molecular flexibility index (Phi) is 4.62. The maximum atomic E-state index is 4.51. The van der Waals surface area contributed by atoms with Crippen LogP contribution in [0.5, 0.6) is 0 Å². The Morgan fingerprint density at radius 2 is 1.94 bits per heavy atom. The molecule has 0 spiro atoms. The molecule has 0 bridgehead atoms. The fraction of sp³-hybridized carbons (Fsp3) is 0.643. The summed E-state index contributed by atoms with van der Waals surface area (Å²) >= 11 is 3.65. The van der Waals surface area contributed by atoms with E-state index in [2.05, 4.69) is 51.5 Å². The molecule has 0 aromatic carbocycles. The van der Waals surface area contributed by atoms with Crippen molar-refractivity contribution in [1.29, 1.82) is 0 Å². The summed E-state index contributed by atoms with van der Waals surface area (Å²) in [7, 11) is 0. The molecule has 0 amide bonds. The monoisotopic (exact) mass is 311 g/mol. The molecule has 1 aromatic heterocycles. The Hall–Kier alpha value is -0.610. The summed E-state index contributed by atoms with van der Waals surface area (Å²) in [6.07, 6.45) is 1.90. The van der Waals surface area contributed by atoms with Crippen LogP contribution >= 0.6 is 15.9 Å². The van der Waals surface area contributed by atoms with Crippen molar-refractivity contribution >= 4 is 21.7 Å². The van der Waals surface area contributed by atoms with Crippen LogP contribution in [0.15, 0.2) is 16.7 Å². The molecule has 0 N–H and O–H groups in total. The zero-order chi connectivity index (χ0) is 13.1. The highest BCUT2D eigenvalue weighted by molar-refractivity contribution is 9.10. The lowest BCUT2D eigenvalue weighted by Gasteiger charge is -2.36. The average molecular weight is 312 g/mol. The van der Waals surface area contributed by atoms with Gasteiger partial charge in [-0.3, -0.25) is 4.90 Å². The number of halogens is 1. The van der Waals surface area contributed by atoms with Crippen molar-refractivity contribution in [3.8, 4) is 0 Å². The predicted molar refractivity (Wildman–Crippen MR) is 80.2 cm³/mol. The summed E-state index contributed by atoms with van der Waals surface area (Å²) in [6, 6.07) is 2.04. The lowest BCUT2D eigenvalue weighted by Crippen LogP contribution is -2.47. The minimum absolute atomic E-state index is 0.750. The summed E-state index contributed by atoms with van der Waals surface area (Å²) in [5, 5.41) is 0. The van der Waals surface area contributed by atoms with Gasteiger partial charge in [-0.15, -0.1) is 0 Å². The van der Waals surface area contributed by atoms with Gasteiger partial charge in [0.25, 0.3) is 0 Å². The van der Waals surface area contributed by atoms with E-state index < -0.39 is 0 Å². The van der Waals surface area contributed by atoms with E-state index in [0.29, 0.717) is 0 Å². The molecule has 1 fully saturated rings. The largest absolute Gasteiger partial charge is 0.353 e. The first kappa shape index (κ1) is 13.8. The second-order valence-electron chi connectivity index (χ2n) is 5.45. The molecule has 3 nitrogen and oxygen atoms in total. The van der Waals surface area contributed by atoms with Gasteiger partial charge in [-0.25, -0.2) is 4.98 Å². The first-order valence-corrected chi connectivity index (χ1v) is 7.45. The number of anilines is 1. The van der Waals surface area contributed by atoms with Crippen LogP contribution in [0.4, 0.5) is 5.82 Å². The molecule has 0 atom stereocenters. The molecule has 2 heterocycles. The van der Waals surface area contributed by atoms with Crippen LogP contribution in [0.1, 0.15) is 19.4 Å². The number of hydrogen-bond donors (Lipinski definition) is 0. The van der Waals surface area contributed by atoms with Gasteiger partial charge >= 0.3 is 0 Å². The van der Waals surface area contributed by atoms with Crippen LogP contribution in [0, 0.1) is 12.8 Å². The van der Waals surface area contributed by atoms with Crippen LogP contribution in [-0.2, 0) is 0 Å². The van der Waals surface area contributed by atoms with E-state index in [1.165, 1.54) is 12.1 Å². The summed E-state index contributed by atoms with van der Waals surface area (Å²) in [5.74, 6) is 1.85. The topological polar surface area (TPSA) is 19.4 Å². The first-order valence-electron chi connectivity index (χ1n) is 6.66. The standard InChI is InChI=1S/C14H22BrN3/c1-11(2)10-17-6-8-18(9-7-17)14-13(15)12(3)4-5-16-14/h4-5,11H,6-10H2,1-3H3. The molecule has 1 saturated heterocycles. The minimum Gasteiger partial charge on any atom is -0.353 e. The number of aromatic nitrogens is 1. The Balaban J connectivity index is 1.99. The van der Waals surface area contributed by atoms with E-state index in [1.54, 1.807) is 0 Å². The van der Waals surface area contributed by atoms with Crippen molar-refractivity contribution in [3.63, 3.8) is 0 Å². The number of rotatable bonds is 3. The van der Waals surface area contributed by atoms with Crippen LogP contribution in [0.3, 0.4) is 0 Å². The zero-order valence-electron chi connectivity index (χ0n) is 11.5. The van der Waals surface area contributed by atoms with E-state index in [4.69, 9.17) is 0 Å². The van der Waals surface area contributed by atoms with Crippen LogP contribution in [-0.4, -0.2) is 42.6 Å². The van der Waals surface area contributed by atoms with Crippen molar-refractivity contribution in [3.05, 3.63) is 22.3 Å². The normalized spacial score (nSPS) is 17.5. The van der Waals surface area contributed by atoms with E-state index in [0.717, 1.165) is 42.4 Å². The molecule has 4 heteroatoms. The third kappa shape index (κ3) is 3.23. The maximum absolute atomic E-state index is 4.51. The molecule has 18 heavy (non-hydrogen) atoms. The molecule has 1 aliphatic rings. The van der Waals surface area contributed by atoms with E-state index in [1.807, 2.05) is 12.3 Å². The molecule has 0 unspecified atom stereocenters. The molecular formula is C14H22BrN3. The summed E-state index contributed by atoms with van der Waals surface area (Å²) in [6.45, 7) is 12.3. The van der Waals surface area contributed by atoms with Crippen molar-refractivity contribution in [2.75, 3.05) is 37.6 Å². The highest BCUT2D eigenvalue weighted by Crippen LogP contribution is 2.27. The van der Waals surface area contributed by atoms with Gasteiger partial charge in [-0.05, 0) is 40.4 Å². The van der Waals surface area contributed by atoms with Crippen molar-refractivity contribution in [2.24, 2.45) is 5.92 Å². The van der Waals surface area contributed by atoms with Gasteiger partial charge < -0.3 is 4.90 Å². The van der Waals surface area contributed by atoms with Gasteiger partial charge in [-0.1, -0.05) is 13.8 Å². The van der Waals surface area contributed by atoms with Crippen LogP contribution < -0.4 is 4.90 Å². The number of pyridine rings is 1. The van der Waals surface area contributed by atoms with Crippen molar-refractivity contribution < 1.29 is 0 Å². The van der Waals surface area contributed by atoms with Crippen molar-refractivity contribution in [2.45, 2.75) is 20.8 Å². The highest BCUT2D eigenvalue weighted by Gasteiger charge is 2.20. The van der Waals surface area contributed by atoms with Gasteiger partial charge in [0.15, 0.2) is 0 Å². The van der Waals surface area contributed by atoms with Gasteiger partial charge in [0.2, 0.25) is 0 Å². The van der Waals surface area contributed by atoms with Gasteiger partial charge in [0.1, 0.15) is 5.82 Å². The van der Waals surface area contributed by atoms with E-state index in [-0.39, 0.29) is 0 Å². The van der Waals surface area contributed by atoms with Gasteiger partial charge in [-0.2, -0.15) is 0 Å². The highest BCUT2D eigenvalue weighted by atomic mass is 79.9. The number of nitrogens with zero attached hydrogens (tertiary/aromatic N) is 3. The fourth-order valence-electron chi connectivity index (χ4n) is 2.40. The Morgan fingerprint density at radius 1 is 1.28 bits per heavy atom. The second-order valence-corrected chi connectivity index (χ2v) is 6.24. The van der Waals surface area contributed by atoms with E-state index >= 15 is 0 Å². The molecule has 100 valence electrons. The Morgan fingerprint density at radius 3 is 2.56 bits per heavy atom. The third-order valence-electron chi connectivity index (χ3n) is 3.36. The molecule has 2 rings (SSSR count). The first-order chi connectivity index (χ1) is 8.58. The summed E-state index contributed by atoms with van der Waals surface area (Å²) in [5.41, 5.74) is 1.25. The Bertz CT molecular complexity index is 398. The number of piperazine rings is 1. The summed E-state index contributed by atoms with van der Waals surface area (Å²) < 4.78 is 1.14. The van der Waals surface area contributed by atoms with Crippen LogP contribution in [0.25, 0.3) is 0 Å². The quantitative estimate of drug-likeness (QED) is 0.855. The number of aryl methyl sites for hydroxylation is 1. The maximum Gasteiger partial charge on any atom is 0.143 e. The average Bonchev–Trinajstić information content (AvgIpc) is 2.33. The molecule has 0 saturated carbocycles. The Labute approximate surface area is 118 Å². The molecular weight excluding hydrogens is 290 g/mol. The smallest absolute Gasteiger partial charge is 0.143 e. The molecule has 1 aliphatic heterocycles. The number of hydrogen-bond acceptors (Lipinski definition) is 3. The second kappa shape index (κ2) is 6.02. The lowest BCUT2D eigenvalue weighted by molar-refractivity contribution is 0.231. The molecule has 0 aliphatic carbocycles. The summed E-state index contributed by atoms with van der Waals surface area (Å²) in [4.78, 5) is 9.44. The third-order valence-corrected chi connectivity index (χ3v) is 4.34. The van der Waals surface area contributed by atoms with Crippen molar-refractivity contribution in [1.82, 2.24) is 9.88 Å². The van der Waals surface area contributed by atoms with Gasteiger partial charge in [0.05, 0.1) is 4.47 Å². The SMILES string of the molecule is Cc1ccnc(N2CCN(CC(C)C)CC2)c1Br. The zero-order valence-corrected chi connectivity index (χ0v) is 13.1. The van der Waals surface area contributed by atoms with Gasteiger partial charge in [0, 0.05) is 38.9 Å². The lowest BCUT2D eigenvalue weighted by atomic mass is 10.2.